The van der Waals surface area contributed by atoms with E-state index in [0.717, 1.165) is 30.3 Å². The maximum atomic E-state index is 11.0. The smallest absolute Gasteiger partial charge is 0.146 e. The standard InChI is InChI=1S/C12H18O2/c1-8-4-5-11(6-9(2)14)10(3)12(8)7-13/h7-8,11H,4-6H2,1-3H3. The summed E-state index contributed by atoms with van der Waals surface area (Å²) in [5, 5.41) is 0. The summed E-state index contributed by atoms with van der Waals surface area (Å²) in [6, 6.07) is 0. The van der Waals surface area contributed by atoms with Crippen molar-refractivity contribution in [1.29, 1.82) is 0 Å². The van der Waals surface area contributed by atoms with Crippen LogP contribution in [0.5, 0.6) is 0 Å². The van der Waals surface area contributed by atoms with Crippen molar-refractivity contribution < 1.29 is 9.59 Å². The van der Waals surface area contributed by atoms with Gasteiger partial charge in [0.15, 0.2) is 0 Å². The van der Waals surface area contributed by atoms with E-state index in [4.69, 9.17) is 0 Å². The van der Waals surface area contributed by atoms with Crippen molar-refractivity contribution >= 4 is 12.1 Å². The van der Waals surface area contributed by atoms with Crippen LogP contribution in [0.1, 0.15) is 40.0 Å². The summed E-state index contributed by atoms with van der Waals surface area (Å²) in [6.07, 6.45) is 3.63. The third-order valence-electron chi connectivity index (χ3n) is 3.21. The molecule has 78 valence electrons. The number of rotatable bonds is 3. The highest BCUT2D eigenvalue weighted by molar-refractivity contribution is 5.78. The fourth-order valence-electron chi connectivity index (χ4n) is 2.26. The zero-order chi connectivity index (χ0) is 10.7. The molecule has 0 heterocycles. The monoisotopic (exact) mass is 194 g/mol. The topological polar surface area (TPSA) is 34.1 Å². The van der Waals surface area contributed by atoms with Crippen LogP contribution in [0.2, 0.25) is 0 Å². The van der Waals surface area contributed by atoms with Crippen molar-refractivity contribution in [2.75, 3.05) is 0 Å². The first kappa shape index (κ1) is 11.2. The number of Topliss-reactive ketones (excluding diaryl/α,β-unsaturated/α-hetero) is 1. The predicted octanol–water partition coefficient (Wildman–Crippen LogP) is 2.53. The predicted molar refractivity (Wildman–Crippen MR) is 56.0 cm³/mol. The molecule has 0 aliphatic heterocycles. The summed E-state index contributed by atoms with van der Waals surface area (Å²) < 4.78 is 0. The largest absolute Gasteiger partial charge is 0.300 e. The summed E-state index contributed by atoms with van der Waals surface area (Å²) in [5.41, 5.74) is 2.05. The maximum absolute atomic E-state index is 11.0. The second-order valence-electron chi connectivity index (χ2n) is 4.34. The number of hydrogen-bond donors (Lipinski definition) is 0. The van der Waals surface area contributed by atoms with Gasteiger partial charge in [-0.1, -0.05) is 12.5 Å². The Morgan fingerprint density at radius 2 is 2.14 bits per heavy atom. The van der Waals surface area contributed by atoms with Crippen molar-refractivity contribution in [3.63, 3.8) is 0 Å². The summed E-state index contributed by atoms with van der Waals surface area (Å²) in [7, 11) is 0. The molecule has 0 bridgehead atoms. The van der Waals surface area contributed by atoms with Crippen molar-refractivity contribution in [2.24, 2.45) is 11.8 Å². The second-order valence-corrected chi connectivity index (χ2v) is 4.34. The SMILES string of the molecule is CC(=O)CC1CCC(C)C(C=O)=C1C. The van der Waals surface area contributed by atoms with E-state index in [2.05, 4.69) is 6.92 Å². The molecule has 0 radical (unpaired) electrons. The van der Waals surface area contributed by atoms with E-state index in [1.54, 1.807) is 6.92 Å². The lowest BCUT2D eigenvalue weighted by Gasteiger charge is -2.28. The van der Waals surface area contributed by atoms with Crippen molar-refractivity contribution in [3.05, 3.63) is 11.1 Å². The summed E-state index contributed by atoms with van der Waals surface area (Å²) in [4.78, 5) is 21.9. The van der Waals surface area contributed by atoms with Gasteiger partial charge in [0.25, 0.3) is 0 Å². The van der Waals surface area contributed by atoms with Gasteiger partial charge in [0.1, 0.15) is 12.1 Å². The van der Waals surface area contributed by atoms with Gasteiger partial charge in [-0.15, -0.1) is 0 Å². The zero-order valence-corrected chi connectivity index (χ0v) is 9.17. The van der Waals surface area contributed by atoms with Gasteiger partial charge in [0.2, 0.25) is 0 Å². The van der Waals surface area contributed by atoms with E-state index in [9.17, 15) is 9.59 Å². The molecule has 2 unspecified atom stereocenters. The summed E-state index contributed by atoms with van der Waals surface area (Å²) >= 11 is 0. The van der Waals surface area contributed by atoms with E-state index in [-0.39, 0.29) is 5.78 Å². The molecule has 0 spiro atoms. The normalized spacial score (nSPS) is 27.6. The third kappa shape index (κ3) is 2.31. The van der Waals surface area contributed by atoms with Crippen LogP contribution in [0.25, 0.3) is 0 Å². The lowest BCUT2D eigenvalue weighted by atomic mass is 9.76. The van der Waals surface area contributed by atoms with E-state index in [1.807, 2.05) is 6.92 Å². The van der Waals surface area contributed by atoms with E-state index in [1.165, 1.54) is 0 Å². The van der Waals surface area contributed by atoms with Crippen LogP contribution in [0.15, 0.2) is 11.1 Å². The molecule has 0 saturated heterocycles. The highest BCUT2D eigenvalue weighted by atomic mass is 16.1. The maximum Gasteiger partial charge on any atom is 0.146 e. The molecule has 0 N–H and O–H groups in total. The Hall–Kier alpha value is -0.920. The lowest BCUT2D eigenvalue weighted by Crippen LogP contribution is -2.19. The van der Waals surface area contributed by atoms with Crippen LogP contribution in [0.4, 0.5) is 0 Å². The van der Waals surface area contributed by atoms with Crippen LogP contribution < -0.4 is 0 Å². The van der Waals surface area contributed by atoms with Crippen LogP contribution in [0.3, 0.4) is 0 Å². The van der Waals surface area contributed by atoms with Gasteiger partial charge < -0.3 is 4.79 Å². The minimum atomic E-state index is 0.217. The Labute approximate surface area is 85.4 Å². The molecule has 2 nitrogen and oxygen atoms in total. The molecule has 2 heteroatoms. The molecule has 2 atom stereocenters. The molecule has 0 saturated carbocycles. The minimum Gasteiger partial charge on any atom is -0.300 e. The first-order valence-electron chi connectivity index (χ1n) is 5.21. The second kappa shape index (κ2) is 4.54. The fraction of sp³-hybridized carbons (Fsp3) is 0.667. The van der Waals surface area contributed by atoms with Gasteiger partial charge in [0.05, 0.1) is 0 Å². The first-order valence-corrected chi connectivity index (χ1v) is 5.21. The van der Waals surface area contributed by atoms with Gasteiger partial charge >= 0.3 is 0 Å². The number of ketones is 1. The van der Waals surface area contributed by atoms with Gasteiger partial charge in [-0.05, 0) is 44.1 Å². The van der Waals surface area contributed by atoms with Gasteiger partial charge in [-0.2, -0.15) is 0 Å². The Balaban J connectivity index is 2.86. The molecule has 1 aliphatic carbocycles. The quantitative estimate of drug-likeness (QED) is 0.647. The molecular formula is C12H18O2. The van der Waals surface area contributed by atoms with Crippen molar-refractivity contribution in [1.82, 2.24) is 0 Å². The number of carbonyl (C=O) groups is 2. The highest BCUT2D eigenvalue weighted by Crippen LogP contribution is 2.34. The van der Waals surface area contributed by atoms with E-state index < -0.39 is 0 Å². The molecular weight excluding hydrogens is 176 g/mol. The summed E-state index contributed by atoms with van der Waals surface area (Å²) in [5.74, 6) is 0.897. The molecule has 0 aromatic heterocycles. The molecule has 14 heavy (non-hydrogen) atoms. The van der Waals surface area contributed by atoms with Crippen molar-refractivity contribution in [2.45, 2.75) is 40.0 Å². The Morgan fingerprint density at radius 3 is 2.64 bits per heavy atom. The van der Waals surface area contributed by atoms with Crippen LogP contribution >= 0.6 is 0 Å². The fourth-order valence-corrected chi connectivity index (χ4v) is 2.26. The van der Waals surface area contributed by atoms with Gasteiger partial charge in [0, 0.05) is 6.42 Å². The Bertz CT molecular complexity index is 276. The first-order chi connectivity index (χ1) is 6.56. The van der Waals surface area contributed by atoms with Crippen LogP contribution in [-0.4, -0.2) is 12.1 Å². The Kier molecular flexibility index (Phi) is 3.62. The number of carbonyl (C=O) groups excluding carboxylic acids is 2. The van der Waals surface area contributed by atoms with Crippen LogP contribution in [0, 0.1) is 11.8 Å². The van der Waals surface area contributed by atoms with E-state index >= 15 is 0 Å². The van der Waals surface area contributed by atoms with E-state index in [0.29, 0.717) is 18.3 Å². The summed E-state index contributed by atoms with van der Waals surface area (Å²) in [6.45, 7) is 5.69. The molecule has 0 fully saturated rings. The highest BCUT2D eigenvalue weighted by Gasteiger charge is 2.25. The van der Waals surface area contributed by atoms with Crippen LogP contribution in [-0.2, 0) is 9.59 Å². The van der Waals surface area contributed by atoms with Gasteiger partial charge in [-0.3, -0.25) is 4.79 Å². The average Bonchev–Trinajstić information content (AvgIpc) is 2.10. The molecule has 1 aliphatic rings. The molecule has 0 amide bonds. The third-order valence-corrected chi connectivity index (χ3v) is 3.21. The lowest BCUT2D eigenvalue weighted by molar-refractivity contribution is -0.117. The minimum absolute atomic E-state index is 0.217. The number of allylic oxidation sites excluding steroid dienone is 2. The van der Waals surface area contributed by atoms with Gasteiger partial charge in [-0.25, -0.2) is 0 Å². The zero-order valence-electron chi connectivity index (χ0n) is 9.17. The molecule has 0 aromatic rings. The van der Waals surface area contributed by atoms with Crippen molar-refractivity contribution in [3.8, 4) is 0 Å². The molecule has 1 rings (SSSR count). The number of hydrogen-bond acceptors (Lipinski definition) is 2. The molecule has 0 aromatic carbocycles. The number of aldehydes is 1. The Morgan fingerprint density at radius 1 is 1.50 bits per heavy atom. The average molecular weight is 194 g/mol.